The second-order valence-electron chi connectivity index (χ2n) is 6.72. The summed E-state index contributed by atoms with van der Waals surface area (Å²) in [7, 11) is 3.13. The number of nitrogens with zero attached hydrogens (tertiary/aromatic N) is 3. The maximum Gasteiger partial charge on any atom is 0.257 e. The van der Waals surface area contributed by atoms with E-state index in [1.54, 1.807) is 32.4 Å². The molecule has 2 amide bonds. The lowest BCUT2D eigenvalue weighted by atomic mass is 10.1. The molecule has 1 aromatic rings. The summed E-state index contributed by atoms with van der Waals surface area (Å²) in [6.45, 7) is 4.87. The number of hydrogen-bond acceptors (Lipinski definition) is 5. The normalized spacial score (nSPS) is 18.1. The zero-order valence-corrected chi connectivity index (χ0v) is 15.6. The summed E-state index contributed by atoms with van der Waals surface area (Å²) in [5, 5.41) is 0. The number of hydrogen-bond donors (Lipinski definition) is 0. The number of carbonyl (C=O) groups is 2. The predicted octanol–water partition coefficient (Wildman–Crippen LogP) is 1.08. The highest BCUT2D eigenvalue weighted by atomic mass is 16.5. The molecule has 7 nitrogen and oxygen atoms in total. The molecule has 2 saturated heterocycles. The zero-order valence-electron chi connectivity index (χ0n) is 15.6. The number of rotatable bonds is 5. The molecule has 2 aliphatic rings. The third kappa shape index (κ3) is 4.09. The van der Waals surface area contributed by atoms with Gasteiger partial charge in [0.2, 0.25) is 5.91 Å². The first kappa shape index (κ1) is 18.5. The fraction of sp³-hybridized carbons (Fsp3) is 0.579. The van der Waals surface area contributed by atoms with Crippen LogP contribution in [0.25, 0.3) is 0 Å². The van der Waals surface area contributed by atoms with Gasteiger partial charge in [0, 0.05) is 45.3 Å². The zero-order chi connectivity index (χ0) is 18.5. The summed E-state index contributed by atoms with van der Waals surface area (Å²) in [4.78, 5) is 31.0. The smallest absolute Gasteiger partial charge is 0.257 e. The van der Waals surface area contributed by atoms with E-state index in [-0.39, 0.29) is 11.8 Å². The van der Waals surface area contributed by atoms with Gasteiger partial charge in [-0.1, -0.05) is 0 Å². The van der Waals surface area contributed by atoms with Crippen molar-refractivity contribution < 1.29 is 19.1 Å². The minimum Gasteiger partial charge on any atom is -0.497 e. The molecular weight excluding hydrogens is 334 g/mol. The Labute approximate surface area is 154 Å². The van der Waals surface area contributed by atoms with Gasteiger partial charge in [0.1, 0.15) is 11.5 Å². The largest absolute Gasteiger partial charge is 0.497 e. The summed E-state index contributed by atoms with van der Waals surface area (Å²) in [5.74, 6) is 1.33. The van der Waals surface area contributed by atoms with Gasteiger partial charge in [0.05, 0.1) is 26.3 Å². The molecule has 2 fully saturated rings. The van der Waals surface area contributed by atoms with Crippen LogP contribution in [0.2, 0.25) is 0 Å². The summed E-state index contributed by atoms with van der Waals surface area (Å²) >= 11 is 0. The summed E-state index contributed by atoms with van der Waals surface area (Å²) in [6, 6.07) is 5.22. The van der Waals surface area contributed by atoms with Gasteiger partial charge in [-0.05, 0) is 25.0 Å². The number of piperazine rings is 1. The van der Waals surface area contributed by atoms with Crippen molar-refractivity contribution in [3.8, 4) is 11.5 Å². The maximum atomic E-state index is 12.8. The van der Waals surface area contributed by atoms with Crippen molar-refractivity contribution in [1.82, 2.24) is 14.7 Å². The van der Waals surface area contributed by atoms with Crippen LogP contribution in [0.1, 0.15) is 23.2 Å². The van der Waals surface area contributed by atoms with Crippen LogP contribution in [-0.2, 0) is 4.79 Å². The minimum absolute atomic E-state index is 0.0463. The molecule has 0 saturated carbocycles. The number of likely N-dealkylation sites (tertiary alicyclic amines) is 1. The third-order valence-corrected chi connectivity index (χ3v) is 5.12. The molecule has 142 valence electrons. The Morgan fingerprint density at radius 3 is 2.23 bits per heavy atom. The second kappa shape index (κ2) is 8.40. The number of ether oxygens (including phenoxy) is 2. The first-order valence-corrected chi connectivity index (χ1v) is 9.14. The third-order valence-electron chi connectivity index (χ3n) is 5.12. The van der Waals surface area contributed by atoms with Crippen molar-refractivity contribution in [3.63, 3.8) is 0 Å². The highest BCUT2D eigenvalue weighted by Gasteiger charge is 2.27. The molecule has 7 heteroatoms. The average molecular weight is 361 g/mol. The molecule has 0 spiro atoms. The summed E-state index contributed by atoms with van der Waals surface area (Å²) in [6.07, 6.45) is 2.22. The Bertz CT molecular complexity index is 650. The highest BCUT2D eigenvalue weighted by molar-refractivity contribution is 5.97. The molecular formula is C19H27N3O4. The fourth-order valence-corrected chi connectivity index (χ4v) is 3.51. The summed E-state index contributed by atoms with van der Waals surface area (Å²) in [5.41, 5.74) is 0.537. The molecule has 0 radical (unpaired) electrons. The van der Waals surface area contributed by atoms with Crippen molar-refractivity contribution in [1.29, 1.82) is 0 Å². The van der Waals surface area contributed by atoms with Gasteiger partial charge >= 0.3 is 0 Å². The van der Waals surface area contributed by atoms with E-state index >= 15 is 0 Å². The first-order valence-electron chi connectivity index (χ1n) is 9.14. The van der Waals surface area contributed by atoms with Crippen LogP contribution in [0.4, 0.5) is 0 Å². The SMILES string of the molecule is COc1ccc(C(=O)N2CCN(CC(=O)N3CCCC3)CC2)c(OC)c1. The summed E-state index contributed by atoms with van der Waals surface area (Å²) < 4.78 is 10.5. The average Bonchev–Trinajstić information content (AvgIpc) is 3.22. The molecule has 1 aromatic carbocycles. The molecule has 2 aliphatic heterocycles. The van der Waals surface area contributed by atoms with Crippen molar-refractivity contribution >= 4 is 11.8 Å². The number of carbonyl (C=O) groups excluding carboxylic acids is 2. The maximum absolute atomic E-state index is 12.8. The Morgan fingerprint density at radius 2 is 1.62 bits per heavy atom. The molecule has 0 unspecified atom stereocenters. The van der Waals surface area contributed by atoms with Crippen LogP contribution < -0.4 is 9.47 Å². The Hall–Kier alpha value is -2.28. The lowest BCUT2D eigenvalue weighted by Gasteiger charge is -2.35. The van der Waals surface area contributed by atoms with Gasteiger partial charge in [0.15, 0.2) is 0 Å². The van der Waals surface area contributed by atoms with Gasteiger partial charge in [-0.25, -0.2) is 0 Å². The van der Waals surface area contributed by atoms with E-state index in [1.807, 2.05) is 9.80 Å². The molecule has 26 heavy (non-hydrogen) atoms. The van der Waals surface area contributed by atoms with Crippen LogP contribution in [0.3, 0.4) is 0 Å². The van der Waals surface area contributed by atoms with Crippen LogP contribution in [0.5, 0.6) is 11.5 Å². The number of amides is 2. The molecule has 3 rings (SSSR count). The van der Waals surface area contributed by atoms with Gasteiger partial charge in [-0.2, -0.15) is 0 Å². The van der Waals surface area contributed by atoms with Gasteiger partial charge < -0.3 is 19.3 Å². The monoisotopic (exact) mass is 361 g/mol. The lowest BCUT2D eigenvalue weighted by molar-refractivity contribution is -0.131. The van der Waals surface area contributed by atoms with E-state index in [4.69, 9.17) is 9.47 Å². The van der Waals surface area contributed by atoms with Gasteiger partial charge in [-0.15, -0.1) is 0 Å². The highest BCUT2D eigenvalue weighted by Crippen LogP contribution is 2.26. The number of methoxy groups -OCH3 is 2. The molecule has 0 aliphatic carbocycles. The quantitative estimate of drug-likeness (QED) is 0.786. The van der Waals surface area contributed by atoms with Crippen LogP contribution in [0.15, 0.2) is 18.2 Å². The first-order chi connectivity index (χ1) is 12.6. The van der Waals surface area contributed by atoms with Crippen molar-refractivity contribution in [3.05, 3.63) is 23.8 Å². The Kier molecular flexibility index (Phi) is 5.98. The molecule has 0 N–H and O–H groups in total. The van der Waals surface area contributed by atoms with Gasteiger partial charge in [0.25, 0.3) is 5.91 Å². The van der Waals surface area contributed by atoms with Crippen LogP contribution in [-0.4, -0.2) is 86.5 Å². The van der Waals surface area contributed by atoms with Crippen LogP contribution >= 0.6 is 0 Å². The van der Waals surface area contributed by atoms with E-state index in [1.165, 1.54) is 0 Å². The van der Waals surface area contributed by atoms with E-state index in [0.29, 0.717) is 49.8 Å². The van der Waals surface area contributed by atoms with E-state index in [2.05, 4.69) is 4.90 Å². The van der Waals surface area contributed by atoms with E-state index in [0.717, 1.165) is 25.9 Å². The predicted molar refractivity (Wildman–Crippen MR) is 97.7 cm³/mol. The van der Waals surface area contributed by atoms with Crippen molar-refractivity contribution in [2.75, 3.05) is 60.0 Å². The lowest BCUT2D eigenvalue weighted by Crippen LogP contribution is -2.51. The van der Waals surface area contributed by atoms with Crippen molar-refractivity contribution in [2.24, 2.45) is 0 Å². The standard InChI is InChI=1S/C19H27N3O4/c1-25-15-5-6-16(17(13-15)26-2)19(24)22-11-9-20(10-12-22)14-18(23)21-7-3-4-8-21/h5-6,13H,3-4,7-12,14H2,1-2H3. The molecule has 0 atom stereocenters. The Morgan fingerprint density at radius 1 is 0.923 bits per heavy atom. The Balaban J connectivity index is 1.56. The van der Waals surface area contributed by atoms with E-state index in [9.17, 15) is 9.59 Å². The fourth-order valence-electron chi connectivity index (χ4n) is 3.51. The molecule has 0 aromatic heterocycles. The second-order valence-corrected chi connectivity index (χ2v) is 6.72. The molecule has 0 bridgehead atoms. The van der Waals surface area contributed by atoms with Gasteiger partial charge in [-0.3, -0.25) is 14.5 Å². The number of benzene rings is 1. The molecule has 2 heterocycles. The van der Waals surface area contributed by atoms with Crippen LogP contribution in [0, 0.1) is 0 Å². The van der Waals surface area contributed by atoms with E-state index < -0.39 is 0 Å². The van der Waals surface area contributed by atoms with Crippen molar-refractivity contribution in [2.45, 2.75) is 12.8 Å². The minimum atomic E-state index is -0.0463. The topological polar surface area (TPSA) is 62.3 Å².